The van der Waals surface area contributed by atoms with Crippen molar-refractivity contribution in [1.82, 2.24) is 5.16 Å². The van der Waals surface area contributed by atoms with Crippen molar-refractivity contribution in [2.45, 2.75) is 6.61 Å². The second kappa shape index (κ2) is 6.29. The summed E-state index contributed by atoms with van der Waals surface area (Å²) in [6.45, 7) is 0.170. The van der Waals surface area contributed by atoms with Crippen LogP contribution in [0.15, 0.2) is 34.9 Å². The van der Waals surface area contributed by atoms with Crippen molar-refractivity contribution < 1.29 is 18.8 Å². The van der Waals surface area contributed by atoms with Gasteiger partial charge in [-0.15, -0.1) is 6.42 Å². The highest BCUT2D eigenvalue weighted by atomic mass is 16.6. The van der Waals surface area contributed by atoms with Crippen molar-refractivity contribution in [3.8, 4) is 29.4 Å². The van der Waals surface area contributed by atoms with E-state index in [9.17, 15) is 4.79 Å². The normalized spacial score (nSPS) is 9.75. The van der Waals surface area contributed by atoms with Crippen LogP contribution in [0.5, 0.6) is 5.75 Å². The van der Waals surface area contributed by atoms with Gasteiger partial charge in [0.1, 0.15) is 18.1 Å². The first-order chi connectivity index (χ1) is 9.69. The molecule has 2 N–H and O–H groups in total. The van der Waals surface area contributed by atoms with Gasteiger partial charge in [-0.05, 0) is 24.3 Å². The van der Waals surface area contributed by atoms with E-state index in [0.717, 1.165) is 5.56 Å². The zero-order valence-electron chi connectivity index (χ0n) is 10.5. The van der Waals surface area contributed by atoms with Crippen LogP contribution in [0.3, 0.4) is 0 Å². The summed E-state index contributed by atoms with van der Waals surface area (Å²) in [7, 11) is 0. The molecule has 0 spiro atoms. The Kier molecular flexibility index (Phi) is 4.24. The van der Waals surface area contributed by atoms with Gasteiger partial charge in [-0.25, -0.2) is 4.79 Å². The largest absolute Gasteiger partial charge is 0.481 e. The van der Waals surface area contributed by atoms with Gasteiger partial charge in [0.2, 0.25) is 0 Å². The van der Waals surface area contributed by atoms with Crippen molar-refractivity contribution in [1.29, 1.82) is 0 Å². The number of amides is 1. The topological polar surface area (TPSA) is 87.6 Å². The number of carbonyl (C=O) groups is 1. The Hall–Kier alpha value is -2.94. The van der Waals surface area contributed by atoms with Crippen molar-refractivity contribution in [3.05, 3.63) is 36.1 Å². The molecule has 20 heavy (non-hydrogen) atoms. The van der Waals surface area contributed by atoms with E-state index in [0.29, 0.717) is 17.2 Å². The number of hydrogen-bond acceptors (Lipinski definition) is 5. The molecule has 1 heterocycles. The summed E-state index contributed by atoms with van der Waals surface area (Å²) < 4.78 is 14.9. The molecule has 0 fully saturated rings. The van der Waals surface area contributed by atoms with Gasteiger partial charge in [0.15, 0.2) is 12.4 Å². The van der Waals surface area contributed by atoms with Gasteiger partial charge in [-0.3, -0.25) is 0 Å². The number of hydrogen-bond donors (Lipinski definition) is 1. The first-order valence-corrected chi connectivity index (χ1v) is 5.73. The molecule has 0 aliphatic carbocycles. The summed E-state index contributed by atoms with van der Waals surface area (Å²) in [4.78, 5) is 10.5. The highest BCUT2D eigenvalue weighted by Gasteiger charge is 2.08. The number of rotatable bonds is 5. The first kappa shape index (κ1) is 13.5. The van der Waals surface area contributed by atoms with Crippen LogP contribution < -0.4 is 10.5 Å². The number of benzene rings is 1. The van der Waals surface area contributed by atoms with E-state index < -0.39 is 6.09 Å². The SMILES string of the molecule is C#CCOc1ccc(-c2cc(COC(N)=O)on2)cc1. The van der Waals surface area contributed by atoms with Crippen LogP contribution in [0.4, 0.5) is 4.79 Å². The molecular weight excluding hydrogens is 260 g/mol. The lowest BCUT2D eigenvalue weighted by molar-refractivity contribution is 0.137. The van der Waals surface area contributed by atoms with Gasteiger partial charge >= 0.3 is 6.09 Å². The van der Waals surface area contributed by atoms with E-state index in [2.05, 4.69) is 15.8 Å². The third kappa shape index (κ3) is 3.53. The minimum absolute atomic E-state index is 0.0499. The van der Waals surface area contributed by atoms with Crippen molar-refractivity contribution in [3.63, 3.8) is 0 Å². The lowest BCUT2D eigenvalue weighted by Crippen LogP contribution is -2.12. The number of terminal acetylenes is 1. The number of carbonyl (C=O) groups excluding carboxylic acids is 1. The number of aromatic nitrogens is 1. The highest BCUT2D eigenvalue weighted by molar-refractivity contribution is 5.64. The summed E-state index contributed by atoms with van der Waals surface area (Å²) in [5, 5.41) is 3.88. The molecule has 0 atom stereocenters. The molecule has 1 aromatic carbocycles. The minimum Gasteiger partial charge on any atom is -0.481 e. The van der Waals surface area contributed by atoms with Crippen LogP contribution in [0.2, 0.25) is 0 Å². The van der Waals surface area contributed by atoms with Crippen LogP contribution in [0.1, 0.15) is 5.76 Å². The molecule has 0 aliphatic rings. The molecule has 0 bridgehead atoms. The van der Waals surface area contributed by atoms with Gasteiger partial charge in [0.25, 0.3) is 0 Å². The lowest BCUT2D eigenvalue weighted by atomic mass is 10.1. The predicted molar refractivity (Wildman–Crippen MR) is 70.6 cm³/mol. The Labute approximate surface area is 115 Å². The molecule has 0 radical (unpaired) electrons. The van der Waals surface area contributed by atoms with Crippen molar-refractivity contribution in [2.24, 2.45) is 5.73 Å². The highest BCUT2D eigenvalue weighted by Crippen LogP contribution is 2.22. The van der Waals surface area contributed by atoms with Gasteiger partial charge in [0.05, 0.1) is 0 Å². The van der Waals surface area contributed by atoms with E-state index in [4.69, 9.17) is 21.4 Å². The van der Waals surface area contributed by atoms with Gasteiger partial charge in [-0.1, -0.05) is 11.1 Å². The Morgan fingerprint density at radius 2 is 2.15 bits per heavy atom. The number of primary amides is 1. The first-order valence-electron chi connectivity index (χ1n) is 5.73. The smallest absolute Gasteiger partial charge is 0.404 e. The molecule has 1 aromatic heterocycles. The Bertz CT molecular complexity index is 625. The Balaban J connectivity index is 2.04. The third-order valence-electron chi connectivity index (χ3n) is 2.39. The zero-order chi connectivity index (χ0) is 14.4. The van der Waals surface area contributed by atoms with Crippen LogP contribution >= 0.6 is 0 Å². The summed E-state index contributed by atoms with van der Waals surface area (Å²) in [6.07, 6.45) is 4.24. The maximum Gasteiger partial charge on any atom is 0.404 e. The minimum atomic E-state index is -0.863. The monoisotopic (exact) mass is 272 g/mol. The zero-order valence-corrected chi connectivity index (χ0v) is 10.5. The number of ether oxygens (including phenoxy) is 2. The van der Waals surface area contributed by atoms with Crippen LogP contribution in [0, 0.1) is 12.3 Å². The average molecular weight is 272 g/mol. The van der Waals surface area contributed by atoms with Crippen LogP contribution in [-0.4, -0.2) is 17.9 Å². The van der Waals surface area contributed by atoms with E-state index in [-0.39, 0.29) is 13.2 Å². The van der Waals surface area contributed by atoms with Gasteiger partial charge in [0, 0.05) is 11.6 Å². The maximum absolute atomic E-state index is 10.5. The van der Waals surface area contributed by atoms with E-state index in [1.165, 1.54) is 0 Å². The maximum atomic E-state index is 10.5. The molecule has 0 aliphatic heterocycles. The molecule has 1 amide bonds. The lowest BCUT2D eigenvalue weighted by Gasteiger charge is -2.02. The van der Waals surface area contributed by atoms with Crippen molar-refractivity contribution >= 4 is 6.09 Å². The summed E-state index contributed by atoms with van der Waals surface area (Å²) in [6, 6.07) is 8.87. The second-order valence-corrected chi connectivity index (χ2v) is 3.80. The predicted octanol–water partition coefficient (Wildman–Crippen LogP) is 1.95. The molecule has 2 aromatic rings. The second-order valence-electron chi connectivity index (χ2n) is 3.80. The number of nitrogens with two attached hydrogens (primary N) is 1. The summed E-state index contributed by atoms with van der Waals surface area (Å²) in [5.41, 5.74) is 6.33. The van der Waals surface area contributed by atoms with Gasteiger partial charge in [-0.2, -0.15) is 0 Å². The molecule has 102 valence electrons. The van der Waals surface area contributed by atoms with Gasteiger partial charge < -0.3 is 19.7 Å². The molecule has 0 unspecified atom stereocenters. The Morgan fingerprint density at radius 1 is 1.40 bits per heavy atom. The summed E-state index contributed by atoms with van der Waals surface area (Å²) in [5.74, 6) is 3.47. The molecule has 0 saturated carbocycles. The Morgan fingerprint density at radius 3 is 2.80 bits per heavy atom. The molecule has 6 heteroatoms. The molecule has 6 nitrogen and oxygen atoms in total. The van der Waals surface area contributed by atoms with E-state index in [1.807, 2.05) is 12.1 Å². The van der Waals surface area contributed by atoms with Crippen LogP contribution in [-0.2, 0) is 11.3 Å². The van der Waals surface area contributed by atoms with E-state index in [1.54, 1.807) is 18.2 Å². The standard InChI is InChI=1S/C14H12N2O4/c1-2-7-18-11-5-3-10(4-6-11)13-8-12(20-16-13)9-19-14(15)17/h1,3-6,8H,7,9H2,(H2,15,17). The molecule has 2 rings (SSSR count). The molecule has 0 saturated heterocycles. The summed E-state index contributed by atoms with van der Waals surface area (Å²) >= 11 is 0. The quantitative estimate of drug-likeness (QED) is 0.840. The van der Waals surface area contributed by atoms with Crippen molar-refractivity contribution in [2.75, 3.05) is 6.61 Å². The van der Waals surface area contributed by atoms with Crippen LogP contribution in [0.25, 0.3) is 11.3 Å². The van der Waals surface area contributed by atoms with E-state index >= 15 is 0 Å². The fourth-order valence-electron chi connectivity index (χ4n) is 1.51. The molecular formula is C14H12N2O4. The fraction of sp³-hybridized carbons (Fsp3) is 0.143. The third-order valence-corrected chi connectivity index (χ3v) is 2.39. The average Bonchev–Trinajstić information content (AvgIpc) is 2.92. The fourth-order valence-corrected chi connectivity index (χ4v) is 1.51. The number of nitrogens with zero attached hydrogens (tertiary/aromatic N) is 1.